The lowest BCUT2D eigenvalue weighted by atomic mass is 10.1. The molecule has 0 N–H and O–H groups in total. The van der Waals surface area contributed by atoms with Crippen LogP contribution < -0.4 is 0 Å². The topological polar surface area (TPSA) is 47.8 Å². The lowest BCUT2D eigenvalue weighted by Crippen LogP contribution is -2.08. The van der Waals surface area contributed by atoms with E-state index in [1.54, 1.807) is 29.3 Å². The average Bonchev–Trinajstić information content (AvgIpc) is 2.98. The van der Waals surface area contributed by atoms with E-state index in [1.807, 2.05) is 24.4 Å². The standard InChI is InChI=1S/C14H12ClN3OS/c1-8-14(15)11(18(2)17-8)6-12(19)9-5-13-10(16-7-9)3-4-20-13/h3-5,7H,6H2,1-2H3. The molecule has 0 radical (unpaired) electrons. The molecular weight excluding hydrogens is 294 g/mol. The number of pyridine rings is 1. The van der Waals surface area contributed by atoms with Crippen LogP contribution in [-0.4, -0.2) is 20.5 Å². The summed E-state index contributed by atoms with van der Waals surface area (Å²) in [5.41, 5.74) is 3.00. The Labute approximate surface area is 125 Å². The Balaban J connectivity index is 1.92. The first-order chi connectivity index (χ1) is 9.56. The number of carbonyl (C=O) groups excluding carboxylic acids is 1. The second-order valence-corrected chi connectivity index (χ2v) is 5.92. The molecule has 0 amide bonds. The third-order valence-electron chi connectivity index (χ3n) is 3.21. The highest BCUT2D eigenvalue weighted by Gasteiger charge is 2.16. The van der Waals surface area contributed by atoms with Gasteiger partial charge >= 0.3 is 0 Å². The Morgan fingerprint density at radius 2 is 2.30 bits per heavy atom. The van der Waals surface area contributed by atoms with Crippen LogP contribution in [0.2, 0.25) is 5.02 Å². The van der Waals surface area contributed by atoms with Crippen LogP contribution >= 0.6 is 22.9 Å². The Kier molecular flexibility index (Phi) is 3.31. The molecule has 0 aliphatic rings. The van der Waals surface area contributed by atoms with Crippen LogP contribution in [0.3, 0.4) is 0 Å². The van der Waals surface area contributed by atoms with Gasteiger partial charge in [-0.3, -0.25) is 14.5 Å². The molecule has 0 atom stereocenters. The van der Waals surface area contributed by atoms with Gasteiger partial charge < -0.3 is 0 Å². The molecule has 0 bridgehead atoms. The van der Waals surface area contributed by atoms with E-state index in [9.17, 15) is 4.79 Å². The van der Waals surface area contributed by atoms with Gasteiger partial charge in [0, 0.05) is 18.8 Å². The maximum Gasteiger partial charge on any atom is 0.170 e. The molecule has 20 heavy (non-hydrogen) atoms. The minimum absolute atomic E-state index is 0.00213. The van der Waals surface area contributed by atoms with Gasteiger partial charge in [0.25, 0.3) is 0 Å². The molecule has 0 unspecified atom stereocenters. The van der Waals surface area contributed by atoms with Crippen molar-refractivity contribution >= 4 is 38.9 Å². The van der Waals surface area contributed by atoms with Gasteiger partial charge in [-0.05, 0) is 24.4 Å². The summed E-state index contributed by atoms with van der Waals surface area (Å²) in [6, 6.07) is 3.82. The number of aromatic nitrogens is 3. The largest absolute Gasteiger partial charge is 0.294 e. The van der Waals surface area contributed by atoms with E-state index in [0.29, 0.717) is 10.6 Å². The summed E-state index contributed by atoms with van der Waals surface area (Å²) in [6.07, 6.45) is 1.85. The van der Waals surface area contributed by atoms with Gasteiger partial charge in [-0.25, -0.2) is 0 Å². The van der Waals surface area contributed by atoms with Crippen LogP contribution in [0.5, 0.6) is 0 Å². The lowest BCUT2D eigenvalue weighted by Gasteiger charge is -2.03. The number of nitrogens with zero attached hydrogens (tertiary/aromatic N) is 3. The first kappa shape index (κ1) is 13.3. The molecule has 0 aliphatic carbocycles. The zero-order valence-corrected chi connectivity index (χ0v) is 12.6. The molecule has 3 heterocycles. The lowest BCUT2D eigenvalue weighted by molar-refractivity contribution is 0.0990. The van der Waals surface area contributed by atoms with E-state index >= 15 is 0 Å². The number of fused-ring (bicyclic) bond motifs is 1. The number of hydrogen-bond acceptors (Lipinski definition) is 4. The fourth-order valence-electron chi connectivity index (χ4n) is 2.13. The fourth-order valence-corrected chi connectivity index (χ4v) is 3.13. The predicted octanol–water partition coefficient (Wildman–Crippen LogP) is 3.42. The average molecular weight is 306 g/mol. The maximum absolute atomic E-state index is 12.4. The smallest absolute Gasteiger partial charge is 0.170 e. The molecular formula is C14H12ClN3OS. The minimum atomic E-state index is -0.00213. The molecule has 3 aromatic heterocycles. The summed E-state index contributed by atoms with van der Waals surface area (Å²) in [5, 5.41) is 6.74. The number of ketones is 1. The Hall–Kier alpha value is -1.72. The van der Waals surface area contributed by atoms with E-state index in [0.717, 1.165) is 21.6 Å². The zero-order chi connectivity index (χ0) is 14.3. The van der Waals surface area contributed by atoms with Crippen LogP contribution in [0.4, 0.5) is 0 Å². The molecule has 0 aromatic carbocycles. The third kappa shape index (κ3) is 2.23. The highest BCUT2D eigenvalue weighted by Crippen LogP contribution is 2.23. The second kappa shape index (κ2) is 5.00. The Morgan fingerprint density at radius 3 is 3.00 bits per heavy atom. The van der Waals surface area contributed by atoms with E-state index in [-0.39, 0.29) is 12.2 Å². The van der Waals surface area contributed by atoms with Gasteiger partial charge in [-0.2, -0.15) is 5.10 Å². The highest BCUT2D eigenvalue weighted by atomic mass is 35.5. The van der Waals surface area contributed by atoms with Gasteiger partial charge in [0.1, 0.15) is 0 Å². The van der Waals surface area contributed by atoms with Crippen LogP contribution in [-0.2, 0) is 13.5 Å². The van der Waals surface area contributed by atoms with E-state index in [4.69, 9.17) is 11.6 Å². The van der Waals surface area contributed by atoms with Gasteiger partial charge in [0.2, 0.25) is 0 Å². The van der Waals surface area contributed by atoms with Crippen molar-refractivity contribution in [2.75, 3.05) is 0 Å². The number of halogens is 1. The first-order valence-electron chi connectivity index (χ1n) is 6.10. The summed E-state index contributed by atoms with van der Waals surface area (Å²) >= 11 is 7.75. The molecule has 0 saturated carbocycles. The fraction of sp³-hybridized carbons (Fsp3) is 0.214. The molecule has 0 spiro atoms. The minimum Gasteiger partial charge on any atom is -0.294 e. The summed E-state index contributed by atoms with van der Waals surface area (Å²) < 4.78 is 2.68. The second-order valence-electron chi connectivity index (χ2n) is 4.60. The Morgan fingerprint density at radius 1 is 1.50 bits per heavy atom. The van der Waals surface area contributed by atoms with Crippen LogP contribution in [0.15, 0.2) is 23.7 Å². The highest BCUT2D eigenvalue weighted by molar-refractivity contribution is 7.17. The SMILES string of the molecule is Cc1nn(C)c(CC(=O)c2cnc3ccsc3c2)c1Cl. The summed E-state index contributed by atoms with van der Waals surface area (Å²) in [6.45, 7) is 1.83. The normalized spacial score (nSPS) is 11.2. The Bertz CT molecular complexity index is 806. The van der Waals surface area contributed by atoms with Crippen LogP contribution in [0.1, 0.15) is 21.7 Å². The van der Waals surface area contributed by atoms with Crippen molar-refractivity contribution in [2.24, 2.45) is 7.05 Å². The van der Waals surface area contributed by atoms with E-state index in [1.165, 1.54) is 0 Å². The number of Topliss-reactive ketones (excluding diaryl/α,β-unsaturated/α-hetero) is 1. The molecule has 4 nitrogen and oxygen atoms in total. The zero-order valence-electron chi connectivity index (χ0n) is 11.1. The monoisotopic (exact) mass is 305 g/mol. The summed E-state index contributed by atoms with van der Waals surface area (Å²) in [4.78, 5) is 16.6. The van der Waals surface area contributed by atoms with Crippen LogP contribution in [0, 0.1) is 6.92 Å². The predicted molar refractivity (Wildman–Crippen MR) is 80.6 cm³/mol. The quantitative estimate of drug-likeness (QED) is 0.697. The van der Waals surface area contributed by atoms with Crippen molar-refractivity contribution in [3.8, 4) is 0 Å². The molecule has 0 fully saturated rings. The number of hydrogen-bond donors (Lipinski definition) is 0. The molecule has 6 heteroatoms. The van der Waals surface area contributed by atoms with Crippen LogP contribution in [0.25, 0.3) is 10.2 Å². The van der Waals surface area contributed by atoms with Crippen molar-refractivity contribution in [3.63, 3.8) is 0 Å². The number of carbonyl (C=O) groups is 1. The van der Waals surface area contributed by atoms with Gasteiger partial charge in [-0.15, -0.1) is 11.3 Å². The molecule has 0 saturated heterocycles. The van der Waals surface area contributed by atoms with Crippen molar-refractivity contribution in [2.45, 2.75) is 13.3 Å². The summed E-state index contributed by atoms with van der Waals surface area (Å²) in [5.74, 6) is -0.00213. The number of thiophene rings is 1. The molecule has 3 aromatic rings. The van der Waals surface area contributed by atoms with E-state index in [2.05, 4.69) is 10.1 Å². The third-order valence-corrected chi connectivity index (χ3v) is 4.56. The van der Waals surface area contributed by atoms with Crippen molar-refractivity contribution in [1.82, 2.24) is 14.8 Å². The maximum atomic E-state index is 12.4. The van der Waals surface area contributed by atoms with Crippen molar-refractivity contribution < 1.29 is 4.79 Å². The van der Waals surface area contributed by atoms with Gasteiger partial charge in [0.15, 0.2) is 5.78 Å². The van der Waals surface area contributed by atoms with Crippen molar-refractivity contribution in [3.05, 3.63) is 45.7 Å². The van der Waals surface area contributed by atoms with Gasteiger partial charge in [0.05, 0.1) is 33.0 Å². The van der Waals surface area contributed by atoms with E-state index < -0.39 is 0 Å². The summed E-state index contributed by atoms with van der Waals surface area (Å²) in [7, 11) is 1.79. The molecule has 0 aliphatic heterocycles. The molecule has 102 valence electrons. The number of rotatable bonds is 3. The van der Waals surface area contributed by atoms with Gasteiger partial charge in [-0.1, -0.05) is 11.6 Å². The first-order valence-corrected chi connectivity index (χ1v) is 7.36. The molecule has 3 rings (SSSR count). The number of aryl methyl sites for hydroxylation is 2. The van der Waals surface area contributed by atoms with Crippen molar-refractivity contribution in [1.29, 1.82) is 0 Å².